The van der Waals surface area contributed by atoms with Gasteiger partial charge in [-0.15, -0.1) is 11.3 Å². The van der Waals surface area contributed by atoms with Gasteiger partial charge < -0.3 is 13.7 Å². The first-order valence-corrected chi connectivity index (χ1v) is 7.71. The fraction of sp³-hybridized carbons (Fsp3) is 0.125. The largest absolute Gasteiger partial charge is 0.465 e. The van der Waals surface area contributed by atoms with E-state index in [1.54, 1.807) is 6.07 Å². The molecule has 0 aliphatic rings. The van der Waals surface area contributed by atoms with Gasteiger partial charge in [-0.05, 0) is 17.5 Å². The van der Waals surface area contributed by atoms with Gasteiger partial charge in [-0.1, -0.05) is 6.07 Å². The molecule has 0 aliphatic carbocycles. The molecule has 0 saturated heterocycles. The first-order chi connectivity index (χ1) is 11.6. The van der Waals surface area contributed by atoms with Crippen molar-refractivity contribution < 1.29 is 13.9 Å². The fourth-order valence-electron chi connectivity index (χ4n) is 2.13. The van der Waals surface area contributed by atoms with Crippen molar-refractivity contribution in [3.05, 3.63) is 63.2 Å². The van der Waals surface area contributed by atoms with E-state index in [0.29, 0.717) is 11.6 Å². The Bertz CT molecular complexity index is 980. The molecule has 0 unspecified atom stereocenters. The van der Waals surface area contributed by atoms with E-state index in [4.69, 9.17) is 9.68 Å². The van der Waals surface area contributed by atoms with Gasteiger partial charge in [0.2, 0.25) is 5.89 Å². The van der Waals surface area contributed by atoms with Crippen LogP contribution in [0.3, 0.4) is 0 Å². The number of nitriles is 1. The van der Waals surface area contributed by atoms with Gasteiger partial charge >= 0.3 is 5.97 Å². The standard InChI is InChI=1S/C16H11N3O4S/c1-22-16(21)11-5-10(6-17)15(20)19(7-11)8-12-9-23-14(18-12)13-3-2-4-24-13/h2-5,7,9H,8H2,1H3. The van der Waals surface area contributed by atoms with Gasteiger partial charge in [0.25, 0.3) is 5.56 Å². The number of rotatable bonds is 4. The third kappa shape index (κ3) is 2.98. The van der Waals surface area contributed by atoms with Crippen molar-refractivity contribution in [2.75, 3.05) is 7.11 Å². The second-order valence-corrected chi connectivity index (χ2v) is 5.75. The maximum atomic E-state index is 12.2. The Morgan fingerprint density at radius 2 is 2.38 bits per heavy atom. The van der Waals surface area contributed by atoms with Crippen LogP contribution < -0.4 is 5.56 Å². The molecule has 0 saturated carbocycles. The third-order valence-electron chi connectivity index (χ3n) is 3.24. The molecular formula is C16H11N3O4S. The summed E-state index contributed by atoms with van der Waals surface area (Å²) >= 11 is 1.49. The summed E-state index contributed by atoms with van der Waals surface area (Å²) in [5.41, 5.74) is -0.0206. The minimum absolute atomic E-state index is 0.0766. The number of nitrogens with zero attached hydrogens (tertiary/aromatic N) is 3. The van der Waals surface area contributed by atoms with Crippen molar-refractivity contribution in [2.24, 2.45) is 0 Å². The normalized spacial score (nSPS) is 10.3. The van der Waals surface area contributed by atoms with Gasteiger partial charge in [0.15, 0.2) is 0 Å². The predicted molar refractivity (Wildman–Crippen MR) is 85.7 cm³/mol. The quantitative estimate of drug-likeness (QED) is 0.675. The Kier molecular flexibility index (Phi) is 4.26. The topological polar surface area (TPSA) is 98.1 Å². The van der Waals surface area contributed by atoms with E-state index < -0.39 is 11.5 Å². The Labute approximate surface area is 140 Å². The highest BCUT2D eigenvalue weighted by Crippen LogP contribution is 2.23. The molecule has 0 aliphatic heterocycles. The SMILES string of the molecule is COC(=O)c1cc(C#N)c(=O)n(Cc2coc(-c3cccs3)n2)c1. The lowest BCUT2D eigenvalue weighted by Gasteiger charge is -2.06. The summed E-state index contributed by atoms with van der Waals surface area (Å²) in [6.07, 6.45) is 2.78. The van der Waals surface area contributed by atoms with Gasteiger partial charge in [-0.2, -0.15) is 5.26 Å². The number of pyridine rings is 1. The van der Waals surface area contributed by atoms with Gasteiger partial charge in [0.1, 0.15) is 17.9 Å². The molecule has 120 valence electrons. The second-order valence-electron chi connectivity index (χ2n) is 4.80. The van der Waals surface area contributed by atoms with E-state index >= 15 is 0 Å². The zero-order valence-corrected chi connectivity index (χ0v) is 13.4. The van der Waals surface area contributed by atoms with Crippen LogP contribution in [0, 0.1) is 11.3 Å². The molecule has 3 rings (SSSR count). The number of methoxy groups -OCH3 is 1. The van der Waals surface area contributed by atoms with Crippen LogP contribution in [-0.2, 0) is 11.3 Å². The molecule has 0 bridgehead atoms. The number of thiophene rings is 1. The second kappa shape index (κ2) is 6.52. The first-order valence-electron chi connectivity index (χ1n) is 6.83. The summed E-state index contributed by atoms with van der Waals surface area (Å²) in [7, 11) is 1.23. The average molecular weight is 341 g/mol. The van der Waals surface area contributed by atoms with E-state index in [1.807, 2.05) is 17.5 Å². The van der Waals surface area contributed by atoms with Crippen LogP contribution in [0.1, 0.15) is 21.6 Å². The Balaban J connectivity index is 1.96. The van der Waals surface area contributed by atoms with E-state index in [1.165, 1.54) is 41.5 Å². The Morgan fingerprint density at radius 3 is 3.04 bits per heavy atom. The highest BCUT2D eigenvalue weighted by atomic mass is 32.1. The van der Waals surface area contributed by atoms with E-state index in [9.17, 15) is 9.59 Å². The smallest absolute Gasteiger partial charge is 0.339 e. The lowest BCUT2D eigenvalue weighted by Crippen LogP contribution is -2.24. The van der Waals surface area contributed by atoms with Crippen LogP contribution in [0.5, 0.6) is 0 Å². The van der Waals surface area contributed by atoms with Gasteiger partial charge in [0, 0.05) is 6.20 Å². The molecule has 8 heteroatoms. The minimum Gasteiger partial charge on any atom is -0.465 e. The number of esters is 1. The molecule has 3 heterocycles. The number of carbonyl (C=O) groups excluding carboxylic acids is 1. The summed E-state index contributed by atoms with van der Waals surface area (Å²) < 4.78 is 11.3. The Morgan fingerprint density at radius 1 is 1.54 bits per heavy atom. The number of ether oxygens (including phenoxy) is 1. The lowest BCUT2D eigenvalue weighted by atomic mass is 10.2. The molecule has 0 aromatic carbocycles. The number of oxazole rings is 1. The summed E-state index contributed by atoms with van der Waals surface area (Å²) in [6.45, 7) is 0.0766. The molecule has 0 atom stereocenters. The number of hydrogen-bond acceptors (Lipinski definition) is 7. The van der Waals surface area contributed by atoms with Gasteiger partial charge in [-0.3, -0.25) is 4.79 Å². The number of hydrogen-bond donors (Lipinski definition) is 0. The Hall–Kier alpha value is -3.18. The summed E-state index contributed by atoms with van der Waals surface area (Å²) in [5.74, 6) is -0.169. The molecule has 24 heavy (non-hydrogen) atoms. The van der Waals surface area contributed by atoms with Gasteiger partial charge in [-0.25, -0.2) is 9.78 Å². The maximum absolute atomic E-state index is 12.2. The highest BCUT2D eigenvalue weighted by Gasteiger charge is 2.14. The maximum Gasteiger partial charge on any atom is 0.339 e. The van der Waals surface area contributed by atoms with Crippen LogP contribution in [0.2, 0.25) is 0 Å². The molecule has 0 radical (unpaired) electrons. The van der Waals surface area contributed by atoms with E-state index in [-0.39, 0.29) is 17.7 Å². The van der Waals surface area contributed by atoms with Crippen LogP contribution >= 0.6 is 11.3 Å². The van der Waals surface area contributed by atoms with E-state index in [2.05, 4.69) is 9.72 Å². The average Bonchev–Trinajstić information content (AvgIpc) is 3.27. The third-order valence-corrected chi connectivity index (χ3v) is 4.10. The van der Waals surface area contributed by atoms with Crippen molar-refractivity contribution >= 4 is 17.3 Å². The summed E-state index contributed by atoms with van der Waals surface area (Å²) in [6, 6.07) is 6.75. The van der Waals surface area contributed by atoms with Gasteiger partial charge in [0.05, 0.1) is 29.8 Å². The molecule has 0 amide bonds. The molecule has 7 nitrogen and oxygen atoms in total. The van der Waals surface area contributed by atoms with Crippen LogP contribution in [-0.4, -0.2) is 22.6 Å². The summed E-state index contributed by atoms with van der Waals surface area (Å²) in [4.78, 5) is 29.1. The van der Waals surface area contributed by atoms with Crippen molar-refractivity contribution in [3.8, 4) is 16.8 Å². The first kappa shape index (κ1) is 15.7. The highest BCUT2D eigenvalue weighted by molar-refractivity contribution is 7.13. The zero-order chi connectivity index (χ0) is 17.1. The lowest BCUT2D eigenvalue weighted by molar-refractivity contribution is 0.0599. The molecule has 0 spiro atoms. The van der Waals surface area contributed by atoms with Crippen molar-refractivity contribution in [1.82, 2.24) is 9.55 Å². The van der Waals surface area contributed by atoms with Crippen LogP contribution in [0.25, 0.3) is 10.8 Å². The zero-order valence-electron chi connectivity index (χ0n) is 12.6. The molecule has 3 aromatic heterocycles. The van der Waals surface area contributed by atoms with Crippen molar-refractivity contribution in [3.63, 3.8) is 0 Å². The van der Waals surface area contributed by atoms with Crippen molar-refractivity contribution in [2.45, 2.75) is 6.54 Å². The molecular weight excluding hydrogens is 330 g/mol. The molecule has 0 fully saturated rings. The monoisotopic (exact) mass is 341 g/mol. The van der Waals surface area contributed by atoms with Crippen LogP contribution in [0.4, 0.5) is 0 Å². The molecule has 3 aromatic rings. The number of aromatic nitrogens is 2. The number of carbonyl (C=O) groups is 1. The minimum atomic E-state index is -0.625. The van der Waals surface area contributed by atoms with Crippen LogP contribution in [0.15, 0.2) is 45.3 Å². The van der Waals surface area contributed by atoms with Crippen molar-refractivity contribution in [1.29, 1.82) is 5.26 Å². The predicted octanol–water partition coefficient (Wildman–Crippen LogP) is 2.27. The molecule has 0 N–H and O–H groups in total. The van der Waals surface area contributed by atoms with E-state index in [0.717, 1.165) is 4.88 Å². The summed E-state index contributed by atoms with van der Waals surface area (Å²) in [5, 5.41) is 11.0. The fourth-order valence-corrected chi connectivity index (χ4v) is 2.79.